The van der Waals surface area contributed by atoms with E-state index in [9.17, 15) is 18.0 Å². The van der Waals surface area contributed by atoms with Crippen LogP contribution in [0.15, 0.2) is 23.1 Å². The molecule has 8 nitrogen and oxygen atoms in total. The first-order chi connectivity index (χ1) is 20.1. The predicted octanol–water partition coefficient (Wildman–Crippen LogP) is 6.29. The van der Waals surface area contributed by atoms with E-state index in [0.717, 1.165) is 29.5 Å². The Balaban J connectivity index is 0.00000316. The normalized spacial score (nSPS) is 22.0. The number of piperidine rings is 1. The molecule has 0 N–H and O–H groups in total. The number of Topliss-reactive ketones (excluding diaryl/α,β-unsaturated/α-hetero) is 1. The van der Waals surface area contributed by atoms with Crippen molar-refractivity contribution in [3.05, 3.63) is 39.8 Å². The van der Waals surface area contributed by atoms with Gasteiger partial charge in [-0.1, -0.05) is 71.7 Å². The van der Waals surface area contributed by atoms with Crippen molar-refractivity contribution in [2.45, 2.75) is 112 Å². The van der Waals surface area contributed by atoms with E-state index in [1.54, 1.807) is 20.1 Å². The maximum absolute atomic E-state index is 14.0. The van der Waals surface area contributed by atoms with E-state index >= 15 is 0 Å². The SMILES string of the molecule is CC.CCCC1(OC2(COC)CCC(=O)CN(S(=O)(=O)/C(C)=C/c3cc(C)ccc3C)C2)CCN(C(=O)C(C)(C)C)CC1. The van der Waals surface area contributed by atoms with Crippen LogP contribution in [0.4, 0.5) is 0 Å². The number of rotatable bonds is 9. The lowest BCUT2D eigenvalue weighted by Crippen LogP contribution is -2.57. The molecule has 1 aromatic carbocycles. The summed E-state index contributed by atoms with van der Waals surface area (Å²) in [5.74, 6) is -0.0116. The number of ketones is 1. The number of hydrogen-bond donors (Lipinski definition) is 0. The molecule has 2 fully saturated rings. The number of hydrogen-bond acceptors (Lipinski definition) is 6. The first-order valence-corrected chi connectivity index (χ1v) is 17.3. The van der Waals surface area contributed by atoms with Crippen LogP contribution in [-0.4, -0.2) is 80.4 Å². The summed E-state index contributed by atoms with van der Waals surface area (Å²) in [5, 5.41) is 0. The highest BCUT2D eigenvalue weighted by atomic mass is 32.2. The molecule has 1 amide bonds. The molecule has 2 heterocycles. The molecule has 0 aliphatic carbocycles. The van der Waals surface area contributed by atoms with Crippen LogP contribution in [0, 0.1) is 19.3 Å². The number of amides is 1. The zero-order chi connectivity index (χ0) is 32.6. The standard InChI is InChI=1S/C32H50N2O6S.C2H6/c1-9-13-31(15-17-33(18-16-31)29(36)30(5,6)7)40-32(23-39-8)14-12-28(35)21-34(22-32)41(37,38)26(4)20-27-19-24(2)10-11-25(27)3;1-2/h10-11,19-20H,9,12-18,21-23H2,1-8H3;1-2H3/b26-20+;. The number of benzene rings is 1. The maximum atomic E-state index is 14.0. The fourth-order valence-corrected chi connectivity index (χ4v) is 7.49. The van der Waals surface area contributed by atoms with Gasteiger partial charge in [-0.3, -0.25) is 9.59 Å². The van der Waals surface area contributed by atoms with Gasteiger partial charge in [0.05, 0.1) is 23.7 Å². The van der Waals surface area contributed by atoms with Crippen LogP contribution < -0.4 is 0 Å². The van der Waals surface area contributed by atoms with Crippen LogP contribution in [0.5, 0.6) is 0 Å². The first kappa shape index (κ1) is 37.1. The molecule has 9 heteroatoms. The number of likely N-dealkylation sites (tertiary alicyclic amines) is 1. The topological polar surface area (TPSA) is 93.2 Å². The molecule has 244 valence electrons. The average molecular weight is 621 g/mol. The Morgan fingerprint density at radius 3 is 2.26 bits per heavy atom. The van der Waals surface area contributed by atoms with Crippen molar-refractivity contribution in [2.24, 2.45) is 5.41 Å². The Bertz CT molecular complexity index is 1240. The van der Waals surface area contributed by atoms with Gasteiger partial charge in [0.2, 0.25) is 15.9 Å². The maximum Gasteiger partial charge on any atom is 0.239 e. The van der Waals surface area contributed by atoms with Crippen LogP contribution >= 0.6 is 0 Å². The van der Waals surface area contributed by atoms with Gasteiger partial charge < -0.3 is 14.4 Å². The molecule has 0 radical (unpaired) electrons. The van der Waals surface area contributed by atoms with Gasteiger partial charge in [-0.2, -0.15) is 4.31 Å². The molecule has 43 heavy (non-hydrogen) atoms. The minimum atomic E-state index is -3.96. The Kier molecular flexibility index (Phi) is 13.2. The second kappa shape index (κ2) is 15.3. The van der Waals surface area contributed by atoms with Gasteiger partial charge in [0.25, 0.3) is 0 Å². The molecule has 0 bridgehead atoms. The summed E-state index contributed by atoms with van der Waals surface area (Å²) in [4.78, 5) is 28.0. The molecule has 3 rings (SSSR count). The third kappa shape index (κ3) is 9.46. The van der Waals surface area contributed by atoms with Crippen molar-refractivity contribution >= 4 is 27.8 Å². The number of carbonyl (C=O) groups excluding carboxylic acids is 2. The summed E-state index contributed by atoms with van der Waals surface area (Å²) >= 11 is 0. The van der Waals surface area contributed by atoms with Gasteiger partial charge in [0.1, 0.15) is 11.4 Å². The lowest BCUT2D eigenvalue weighted by atomic mass is 9.83. The smallest absolute Gasteiger partial charge is 0.239 e. The summed E-state index contributed by atoms with van der Waals surface area (Å²) < 4.78 is 41.9. The molecule has 0 spiro atoms. The van der Waals surface area contributed by atoms with Crippen LogP contribution in [0.2, 0.25) is 0 Å². The minimum Gasteiger partial charge on any atom is -0.382 e. The monoisotopic (exact) mass is 620 g/mol. The van der Waals surface area contributed by atoms with Crippen molar-refractivity contribution in [1.29, 1.82) is 0 Å². The van der Waals surface area contributed by atoms with E-state index in [4.69, 9.17) is 9.47 Å². The van der Waals surface area contributed by atoms with Gasteiger partial charge in [-0.05, 0) is 63.7 Å². The number of nitrogens with zero attached hydrogens (tertiary/aromatic N) is 2. The van der Waals surface area contributed by atoms with Crippen molar-refractivity contribution in [3.8, 4) is 0 Å². The van der Waals surface area contributed by atoms with Gasteiger partial charge in [0.15, 0.2) is 0 Å². The first-order valence-electron chi connectivity index (χ1n) is 15.8. The summed E-state index contributed by atoms with van der Waals surface area (Å²) in [6.45, 7) is 18.6. The second-order valence-corrected chi connectivity index (χ2v) is 15.2. The van der Waals surface area contributed by atoms with E-state index in [-0.39, 0.29) is 42.7 Å². The number of carbonyl (C=O) groups is 2. The summed E-state index contributed by atoms with van der Waals surface area (Å²) in [7, 11) is -2.38. The molecule has 2 saturated heterocycles. The van der Waals surface area contributed by atoms with E-state index in [1.165, 1.54) is 4.31 Å². The van der Waals surface area contributed by atoms with Crippen molar-refractivity contribution in [2.75, 3.05) is 39.9 Å². The van der Waals surface area contributed by atoms with E-state index in [2.05, 4.69) is 6.92 Å². The molecule has 1 aromatic rings. The Hall–Kier alpha value is -2.07. The Labute approximate surface area is 261 Å². The summed E-state index contributed by atoms with van der Waals surface area (Å²) in [6, 6.07) is 5.93. The average Bonchev–Trinajstić information content (AvgIpc) is 3.10. The number of aryl methyl sites for hydroxylation is 2. The zero-order valence-corrected chi connectivity index (χ0v) is 29.2. The third-order valence-electron chi connectivity index (χ3n) is 8.37. The fraction of sp³-hybridized carbons (Fsp3) is 0.706. The van der Waals surface area contributed by atoms with E-state index in [0.29, 0.717) is 32.4 Å². The van der Waals surface area contributed by atoms with Gasteiger partial charge in [0, 0.05) is 38.6 Å². The molecular formula is C34H56N2O6S. The number of ether oxygens (including phenoxy) is 2. The van der Waals surface area contributed by atoms with E-state index < -0.39 is 26.6 Å². The van der Waals surface area contributed by atoms with Crippen LogP contribution in [0.3, 0.4) is 0 Å². The van der Waals surface area contributed by atoms with Gasteiger partial charge in [-0.15, -0.1) is 0 Å². The Morgan fingerprint density at radius 2 is 1.70 bits per heavy atom. The van der Waals surface area contributed by atoms with Crippen molar-refractivity contribution in [3.63, 3.8) is 0 Å². The molecule has 0 saturated carbocycles. The molecule has 2 aliphatic rings. The van der Waals surface area contributed by atoms with Crippen LogP contribution in [0.25, 0.3) is 6.08 Å². The van der Waals surface area contributed by atoms with Crippen molar-refractivity contribution < 1.29 is 27.5 Å². The highest BCUT2D eigenvalue weighted by Crippen LogP contribution is 2.40. The molecule has 0 aromatic heterocycles. The number of methoxy groups -OCH3 is 1. The van der Waals surface area contributed by atoms with Crippen LogP contribution in [-0.2, 0) is 29.1 Å². The third-order valence-corrected chi connectivity index (χ3v) is 10.2. The van der Waals surface area contributed by atoms with Crippen LogP contribution in [0.1, 0.15) is 104 Å². The molecule has 1 unspecified atom stereocenters. The van der Waals surface area contributed by atoms with Gasteiger partial charge >= 0.3 is 0 Å². The van der Waals surface area contributed by atoms with E-state index in [1.807, 2.05) is 71.6 Å². The number of allylic oxidation sites excluding steroid dienone is 1. The molecule has 2 aliphatic heterocycles. The quantitative estimate of drug-likeness (QED) is 0.322. The lowest BCUT2D eigenvalue weighted by Gasteiger charge is -2.49. The zero-order valence-electron chi connectivity index (χ0n) is 28.3. The molecular weight excluding hydrogens is 564 g/mol. The second-order valence-electron chi connectivity index (χ2n) is 13.1. The summed E-state index contributed by atoms with van der Waals surface area (Å²) in [6.07, 6.45) is 5.25. The minimum absolute atomic E-state index is 0.0307. The summed E-state index contributed by atoms with van der Waals surface area (Å²) in [5.41, 5.74) is 0.882. The highest BCUT2D eigenvalue weighted by molar-refractivity contribution is 7.93. The lowest BCUT2D eigenvalue weighted by molar-refractivity contribution is -0.203. The Morgan fingerprint density at radius 1 is 1.07 bits per heavy atom. The predicted molar refractivity (Wildman–Crippen MR) is 174 cm³/mol. The number of sulfonamides is 1. The largest absolute Gasteiger partial charge is 0.382 e. The fourth-order valence-electron chi connectivity index (χ4n) is 6.09. The van der Waals surface area contributed by atoms with Gasteiger partial charge in [-0.25, -0.2) is 8.42 Å². The van der Waals surface area contributed by atoms with Crippen molar-refractivity contribution in [1.82, 2.24) is 9.21 Å². The molecule has 1 atom stereocenters. The highest BCUT2D eigenvalue weighted by Gasteiger charge is 2.48.